The molecule has 4 heteroatoms. The first kappa shape index (κ1) is 22.2. The van der Waals surface area contributed by atoms with Crippen molar-refractivity contribution in [2.24, 2.45) is 5.92 Å². The minimum Gasteiger partial charge on any atom is -0.347 e. The molecule has 0 saturated heterocycles. The zero-order valence-corrected chi connectivity index (χ0v) is 22.1. The second-order valence-electron chi connectivity index (χ2n) is 11.0. The summed E-state index contributed by atoms with van der Waals surface area (Å²) in [6.07, 6.45) is 8.00. The van der Waals surface area contributed by atoms with Gasteiger partial charge in [-0.1, -0.05) is 52.3 Å². The maximum absolute atomic E-state index is 14.0. The van der Waals surface area contributed by atoms with Gasteiger partial charge >= 0.3 is 0 Å². The number of carbonyl (C=O) groups excluding carboxylic acids is 1. The molecule has 0 spiro atoms. The van der Waals surface area contributed by atoms with Crippen LogP contribution in [0.4, 0.5) is 0 Å². The Morgan fingerprint density at radius 1 is 0.944 bits per heavy atom. The number of rotatable bonds is 3. The van der Waals surface area contributed by atoms with Crippen LogP contribution in [-0.4, -0.2) is 16.4 Å². The number of hydrogen-bond acceptors (Lipinski definition) is 2. The van der Waals surface area contributed by atoms with Gasteiger partial charge in [0.05, 0.1) is 16.8 Å². The second kappa shape index (κ2) is 8.27. The number of fused-ring (bicyclic) bond motifs is 7. The normalized spacial score (nSPS) is 21.9. The van der Waals surface area contributed by atoms with Gasteiger partial charge in [-0.25, -0.2) is 4.98 Å². The van der Waals surface area contributed by atoms with Crippen molar-refractivity contribution in [1.29, 1.82) is 0 Å². The standard InChI is InChI=1S/C32H29BrN2O/c1-19-29(31(36)35-32-13-10-20(11-14-32)12-15-32)27-18-24(33)8-9-28(27)34-30(19)23-7-6-22-16-21-4-2-3-5-25(21)26(22)17-23/h2-9,17-18,20H,10-16H2,1H3,(H,35,36). The summed E-state index contributed by atoms with van der Waals surface area (Å²) in [7, 11) is 0. The van der Waals surface area contributed by atoms with E-state index in [-0.39, 0.29) is 11.4 Å². The molecule has 0 aliphatic heterocycles. The molecule has 4 aromatic rings. The first-order valence-electron chi connectivity index (χ1n) is 13.1. The zero-order valence-electron chi connectivity index (χ0n) is 20.5. The molecule has 3 nitrogen and oxygen atoms in total. The molecule has 8 rings (SSSR count). The van der Waals surface area contributed by atoms with Gasteiger partial charge in [0.2, 0.25) is 0 Å². The fourth-order valence-corrected chi connectivity index (χ4v) is 7.28. The van der Waals surface area contributed by atoms with Gasteiger partial charge in [0, 0.05) is 21.0 Å². The third kappa shape index (κ3) is 3.53. The molecule has 0 radical (unpaired) electrons. The van der Waals surface area contributed by atoms with E-state index >= 15 is 0 Å². The second-order valence-corrected chi connectivity index (χ2v) is 12.0. The van der Waals surface area contributed by atoms with Crippen molar-refractivity contribution in [3.8, 4) is 22.4 Å². The fraction of sp³-hybridized carbons (Fsp3) is 0.312. The lowest BCUT2D eigenvalue weighted by atomic mass is 9.65. The molecule has 1 heterocycles. The van der Waals surface area contributed by atoms with Crippen LogP contribution in [0.1, 0.15) is 65.6 Å². The van der Waals surface area contributed by atoms with Crippen LogP contribution in [0.3, 0.4) is 0 Å². The van der Waals surface area contributed by atoms with E-state index in [0.29, 0.717) is 0 Å². The molecule has 0 atom stereocenters. The number of aromatic nitrogens is 1. The summed E-state index contributed by atoms with van der Waals surface area (Å²) in [6, 6.07) is 21.4. The van der Waals surface area contributed by atoms with Crippen molar-refractivity contribution in [2.45, 2.75) is 57.4 Å². The molecule has 4 aliphatic rings. The minimum absolute atomic E-state index is 0.0443. The first-order chi connectivity index (χ1) is 17.5. The molecule has 1 aromatic heterocycles. The number of nitrogens with one attached hydrogen (secondary N) is 1. The maximum Gasteiger partial charge on any atom is 0.252 e. The number of halogens is 1. The molecule has 2 bridgehead atoms. The van der Waals surface area contributed by atoms with E-state index in [1.54, 1.807) is 0 Å². The molecule has 4 aliphatic carbocycles. The Labute approximate surface area is 220 Å². The smallest absolute Gasteiger partial charge is 0.252 e. The molecule has 3 saturated carbocycles. The van der Waals surface area contributed by atoms with E-state index in [4.69, 9.17) is 4.98 Å². The Morgan fingerprint density at radius 3 is 2.50 bits per heavy atom. The highest BCUT2D eigenvalue weighted by Gasteiger charge is 2.41. The average Bonchev–Trinajstić information content (AvgIpc) is 3.27. The van der Waals surface area contributed by atoms with Crippen molar-refractivity contribution in [2.75, 3.05) is 0 Å². The molecule has 1 N–H and O–H groups in total. The van der Waals surface area contributed by atoms with Crippen LogP contribution in [0.25, 0.3) is 33.3 Å². The number of amides is 1. The van der Waals surface area contributed by atoms with Gasteiger partial charge in [0.25, 0.3) is 5.91 Å². The van der Waals surface area contributed by atoms with Crippen LogP contribution in [-0.2, 0) is 6.42 Å². The fourth-order valence-electron chi connectivity index (χ4n) is 6.92. The Bertz CT molecular complexity index is 1530. The average molecular weight is 538 g/mol. The van der Waals surface area contributed by atoms with E-state index < -0.39 is 0 Å². The molecule has 0 unspecified atom stereocenters. The van der Waals surface area contributed by atoms with Gasteiger partial charge in [0.15, 0.2) is 0 Å². The van der Waals surface area contributed by atoms with Crippen molar-refractivity contribution in [3.05, 3.63) is 87.4 Å². The summed E-state index contributed by atoms with van der Waals surface area (Å²) in [5.74, 6) is 0.908. The van der Waals surface area contributed by atoms with Gasteiger partial charge in [-0.05, 0) is 110 Å². The predicted molar refractivity (Wildman–Crippen MR) is 149 cm³/mol. The van der Waals surface area contributed by atoms with Crippen LogP contribution in [0, 0.1) is 12.8 Å². The topological polar surface area (TPSA) is 42.0 Å². The van der Waals surface area contributed by atoms with Gasteiger partial charge < -0.3 is 5.32 Å². The largest absolute Gasteiger partial charge is 0.347 e. The molecule has 36 heavy (non-hydrogen) atoms. The Morgan fingerprint density at radius 2 is 1.69 bits per heavy atom. The highest BCUT2D eigenvalue weighted by Crippen LogP contribution is 2.45. The summed E-state index contributed by atoms with van der Waals surface area (Å²) < 4.78 is 0.962. The van der Waals surface area contributed by atoms with Crippen LogP contribution < -0.4 is 5.32 Å². The summed E-state index contributed by atoms with van der Waals surface area (Å²) >= 11 is 3.62. The van der Waals surface area contributed by atoms with Gasteiger partial charge in [-0.3, -0.25) is 4.79 Å². The van der Waals surface area contributed by atoms with Crippen molar-refractivity contribution < 1.29 is 4.79 Å². The summed E-state index contributed by atoms with van der Waals surface area (Å²) in [5, 5.41) is 4.45. The highest BCUT2D eigenvalue weighted by atomic mass is 79.9. The molecule has 1 amide bonds. The van der Waals surface area contributed by atoms with Gasteiger partial charge in [-0.15, -0.1) is 0 Å². The SMILES string of the molecule is Cc1c(-c2ccc3c(c2)-c2ccccc2C3)nc2ccc(Br)cc2c1C(=O)NC12CCC(CC1)CC2. The number of hydrogen-bond donors (Lipinski definition) is 1. The van der Waals surface area contributed by atoms with Crippen molar-refractivity contribution in [1.82, 2.24) is 10.3 Å². The number of benzene rings is 3. The Kier molecular flexibility index (Phi) is 5.11. The molecule has 180 valence electrons. The van der Waals surface area contributed by atoms with Crippen LogP contribution in [0.5, 0.6) is 0 Å². The highest BCUT2D eigenvalue weighted by molar-refractivity contribution is 9.10. The van der Waals surface area contributed by atoms with Crippen molar-refractivity contribution >= 4 is 32.7 Å². The Hall–Kier alpha value is -2.98. The summed E-state index contributed by atoms with van der Waals surface area (Å²) in [6.45, 7) is 2.06. The van der Waals surface area contributed by atoms with E-state index in [9.17, 15) is 4.79 Å². The van der Waals surface area contributed by atoms with Crippen LogP contribution in [0.2, 0.25) is 0 Å². The third-order valence-corrected chi connectivity index (χ3v) is 9.45. The lowest BCUT2D eigenvalue weighted by molar-refractivity contribution is 0.0715. The van der Waals surface area contributed by atoms with Gasteiger partial charge in [-0.2, -0.15) is 0 Å². The number of carbonyl (C=O) groups is 1. The third-order valence-electron chi connectivity index (χ3n) is 8.96. The molecule has 3 fully saturated rings. The predicted octanol–water partition coefficient (Wildman–Crippen LogP) is 8.00. The summed E-state index contributed by atoms with van der Waals surface area (Å²) in [5.41, 5.74) is 9.80. The van der Waals surface area contributed by atoms with E-state index in [1.165, 1.54) is 41.5 Å². The first-order valence-corrected chi connectivity index (χ1v) is 13.9. The van der Waals surface area contributed by atoms with E-state index in [2.05, 4.69) is 70.6 Å². The van der Waals surface area contributed by atoms with Crippen LogP contribution in [0.15, 0.2) is 65.1 Å². The quantitative estimate of drug-likeness (QED) is 0.253. The maximum atomic E-state index is 14.0. The minimum atomic E-state index is -0.0443. The molecule has 3 aromatic carbocycles. The molecular formula is C32H29BrN2O. The number of nitrogens with zero attached hydrogens (tertiary/aromatic N) is 1. The zero-order chi connectivity index (χ0) is 24.4. The van der Waals surface area contributed by atoms with Crippen LogP contribution >= 0.6 is 15.9 Å². The summed E-state index contributed by atoms with van der Waals surface area (Å²) in [4.78, 5) is 19.1. The van der Waals surface area contributed by atoms with Gasteiger partial charge in [0.1, 0.15) is 0 Å². The van der Waals surface area contributed by atoms with Crippen molar-refractivity contribution in [3.63, 3.8) is 0 Å². The lowest BCUT2D eigenvalue weighted by Crippen LogP contribution is -2.53. The van der Waals surface area contributed by atoms with E-state index in [0.717, 1.165) is 69.4 Å². The lowest BCUT2D eigenvalue weighted by Gasteiger charge is -2.47. The monoisotopic (exact) mass is 536 g/mol. The molecular weight excluding hydrogens is 508 g/mol. The van der Waals surface area contributed by atoms with E-state index in [1.807, 2.05) is 18.2 Å². The number of pyridine rings is 1. The Balaban J connectivity index is 1.36.